The van der Waals surface area contributed by atoms with Crippen LogP contribution in [0.4, 0.5) is 5.69 Å². The molecule has 0 aliphatic heterocycles. The molecule has 20 heavy (non-hydrogen) atoms. The van der Waals surface area contributed by atoms with Crippen LogP contribution in [0, 0.1) is 0 Å². The highest BCUT2D eigenvalue weighted by Gasteiger charge is 2.16. The number of carboxylic acid groups (broad SMARTS) is 1. The smallest absolute Gasteiger partial charge is 0.354 e. The third-order valence-corrected chi connectivity index (χ3v) is 2.65. The molecule has 0 bridgehead atoms. The molecule has 108 valence electrons. The standard InChI is InChI=1S/C12H11Cl2NO5/c1-19-11-7(14)3-6(13)4-8(11)15-9(5-10(16)17)12(18)20-2/h3-5,15H,1-2H3,(H,16,17). The summed E-state index contributed by atoms with van der Waals surface area (Å²) in [7, 11) is 2.50. The van der Waals surface area contributed by atoms with Crippen LogP contribution in [-0.2, 0) is 14.3 Å². The number of methoxy groups -OCH3 is 2. The minimum atomic E-state index is -1.31. The Labute approximate surface area is 124 Å². The van der Waals surface area contributed by atoms with Gasteiger partial charge < -0.3 is 19.9 Å². The first-order valence-electron chi connectivity index (χ1n) is 5.22. The number of nitrogens with one attached hydrogen (secondary N) is 1. The number of benzene rings is 1. The first kappa shape index (κ1) is 16.1. The molecule has 0 saturated carbocycles. The summed E-state index contributed by atoms with van der Waals surface area (Å²) in [6.45, 7) is 0. The van der Waals surface area contributed by atoms with Gasteiger partial charge in [0.25, 0.3) is 0 Å². The molecular formula is C12H11Cl2NO5. The Balaban J connectivity index is 3.24. The lowest BCUT2D eigenvalue weighted by atomic mass is 10.2. The van der Waals surface area contributed by atoms with Crippen molar-refractivity contribution < 1.29 is 24.2 Å². The quantitative estimate of drug-likeness (QED) is 0.641. The molecule has 2 N–H and O–H groups in total. The molecule has 8 heteroatoms. The topological polar surface area (TPSA) is 84.9 Å². The number of hydrogen-bond acceptors (Lipinski definition) is 5. The van der Waals surface area contributed by atoms with Gasteiger partial charge in [-0.2, -0.15) is 0 Å². The molecule has 6 nitrogen and oxygen atoms in total. The van der Waals surface area contributed by atoms with E-state index < -0.39 is 11.9 Å². The maximum atomic E-state index is 11.5. The zero-order chi connectivity index (χ0) is 15.3. The van der Waals surface area contributed by atoms with Gasteiger partial charge in [0.2, 0.25) is 0 Å². The van der Waals surface area contributed by atoms with E-state index >= 15 is 0 Å². The van der Waals surface area contributed by atoms with Crippen LogP contribution in [0.2, 0.25) is 10.0 Å². The van der Waals surface area contributed by atoms with Crippen molar-refractivity contribution in [3.05, 3.63) is 34.0 Å². The van der Waals surface area contributed by atoms with Gasteiger partial charge in [-0.05, 0) is 12.1 Å². The van der Waals surface area contributed by atoms with Crippen LogP contribution in [0.25, 0.3) is 0 Å². The Bertz CT molecular complexity index is 571. The zero-order valence-corrected chi connectivity index (χ0v) is 12.1. The highest BCUT2D eigenvalue weighted by atomic mass is 35.5. The third kappa shape index (κ3) is 4.04. The van der Waals surface area contributed by atoms with E-state index in [4.69, 9.17) is 33.0 Å². The van der Waals surface area contributed by atoms with E-state index in [1.54, 1.807) is 0 Å². The van der Waals surface area contributed by atoms with Gasteiger partial charge in [0.05, 0.1) is 31.0 Å². The van der Waals surface area contributed by atoms with Gasteiger partial charge in [-0.3, -0.25) is 0 Å². The fraction of sp³-hybridized carbons (Fsp3) is 0.167. The van der Waals surface area contributed by atoms with Crippen LogP contribution in [0.1, 0.15) is 0 Å². The monoisotopic (exact) mass is 319 g/mol. The van der Waals surface area contributed by atoms with Crippen LogP contribution in [-0.4, -0.2) is 31.3 Å². The Kier molecular flexibility index (Phi) is 5.66. The zero-order valence-electron chi connectivity index (χ0n) is 10.6. The highest BCUT2D eigenvalue weighted by molar-refractivity contribution is 6.36. The molecule has 0 aromatic heterocycles. The molecule has 0 fully saturated rings. The summed E-state index contributed by atoms with van der Waals surface area (Å²) in [5.74, 6) is -1.95. The lowest BCUT2D eigenvalue weighted by Gasteiger charge is -2.14. The van der Waals surface area contributed by atoms with Crippen LogP contribution in [0.15, 0.2) is 23.9 Å². The van der Waals surface area contributed by atoms with Crippen molar-refractivity contribution in [1.29, 1.82) is 0 Å². The maximum absolute atomic E-state index is 11.5. The summed E-state index contributed by atoms with van der Waals surface area (Å²) in [4.78, 5) is 22.2. The molecule has 1 aromatic carbocycles. The molecule has 0 heterocycles. The number of hydrogen-bond donors (Lipinski definition) is 2. The lowest BCUT2D eigenvalue weighted by molar-refractivity contribution is -0.137. The van der Waals surface area contributed by atoms with Crippen molar-refractivity contribution in [2.24, 2.45) is 0 Å². The van der Waals surface area contributed by atoms with Crippen molar-refractivity contribution in [2.45, 2.75) is 0 Å². The van der Waals surface area contributed by atoms with Gasteiger partial charge in [0.15, 0.2) is 5.75 Å². The molecule has 0 aliphatic rings. The first-order chi connectivity index (χ1) is 9.38. The highest BCUT2D eigenvalue weighted by Crippen LogP contribution is 2.36. The Morgan fingerprint density at radius 2 is 1.95 bits per heavy atom. The maximum Gasteiger partial charge on any atom is 0.354 e. The fourth-order valence-corrected chi connectivity index (χ4v) is 1.96. The van der Waals surface area contributed by atoms with Crippen molar-refractivity contribution in [1.82, 2.24) is 0 Å². The molecule has 0 saturated heterocycles. The second-order valence-electron chi connectivity index (χ2n) is 3.48. The van der Waals surface area contributed by atoms with Gasteiger partial charge in [0.1, 0.15) is 5.70 Å². The summed E-state index contributed by atoms with van der Waals surface area (Å²) < 4.78 is 9.55. The van der Waals surface area contributed by atoms with E-state index in [0.29, 0.717) is 6.08 Å². The Morgan fingerprint density at radius 3 is 2.45 bits per heavy atom. The number of ether oxygens (including phenoxy) is 2. The summed E-state index contributed by atoms with van der Waals surface area (Å²) in [6, 6.07) is 2.89. The van der Waals surface area contributed by atoms with Crippen molar-refractivity contribution in [3.63, 3.8) is 0 Å². The Hall–Kier alpha value is -1.92. The second kappa shape index (κ2) is 7.02. The average molecular weight is 320 g/mol. The van der Waals surface area contributed by atoms with Gasteiger partial charge in [-0.1, -0.05) is 23.2 Å². The molecular weight excluding hydrogens is 309 g/mol. The molecule has 0 unspecified atom stereocenters. The second-order valence-corrected chi connectivity index (χ2v) is 4.32. The number of halogens is 2. The van der Waals surface area contributed by atoms with Crippen LogP contribution in [0.5, 0.6) is 5.75 Å². The van der Waals surface area contributed by atoms with Crippen molar-refractivity contribution in [3.8, 4) is 5.75 Å². The van der Waals surface area contributed by atoms with Crippen molar-refractivity contribution >= 4 is 40.8 Å². The first-order valence-corrected chi connectivity index (χ1v) is 5.97. The minimum Gasteiger partial charge on any atom is -0.493 e. The van der Waals surface area contributed by atoms with Crippen LogP contribution in [0.3, 0.4) is 0 Å². The third-order valence-electron chi connectivity index (χ3n) is 2.15. The number of carbonyl (C=O) groups excluding carboxylic acids is 1. The van der Waals surface area contributed by atoms with E-state index in [1.807, 2.05) is 0 Å². The molecule has 0 radical (unpaired) electrons. The summed E-state index contributed by atoms with van der Waals surface area (Å²) in [6.07, 6.45) is 0.667. The minimum absolute atomic E-state index is 0.210. The summed E-state index contributed by atoms with van der Waals surface area (Å²) in [5.41, 5.74) is -0.0560. The van der Waals surface area contributed by atoms with E-state index in [2.05, 4.69) is 10.1 Å². The molecule has 1 rings (SSSR count). The number of anilines is 1. The number of esters is 1. The molecule has 0 atom stereocenters. The van der Waals surface area contributed by atoms with Gasteiger partial charge >= 0.3 is 11.9 Å². The fourth-order valence-electron chi connectivity index (χ4n) is 1.39. The van der Waals surface area contributed by atoms with E-state index in [1.165, 1.54) is 19.2 Å². The lowest BCUT2D eigenvalue weighted by Crippen LogP contribution is -2.15. The summed E-state index contributed by atoms with van der Waals surface area (Å²) in [5, 5.41) is 11.8. The Morgan fingerprint density at radius 1 is 1.30 bits per heavy atom. The average Bonchev–Trinajstić information content (AvgIpc) is 2.36. The number of carbonyl (C=O) groups is 2. The molecule has 1 aromatic rings. The molecule has 0 amide bonds. The van der Waals surface area contributed by atoms with Crippen molar-refractivity contribution in [2.75, 3.05) is 19.5 Å². The summed E-state index contributed by atoms with van der Waals surface area (Å²) >= 11 is 11.8. The van der Waals surface area contributed by atoms with E-state index in [9.17, 15) is 9.59 Å². The van der Waals surface area contributed by atoms with Gasteiger partial charge in [-0.15, -0.1) is 0 Å². The van der Waals surface area contributed by atoms with Crippen LogP contribution < -0.4 is 10.1 Å². The number of rotatable bonds is 5. The number of carboxylic acids is 1. The normalized spacial score (nSPS) is 10.9. The predicted octanol–water partition coefficient (Wildman–Crippen LogP) is 2.56. The van der Waals surface area contributed by atoms with Crippen LogP contribution >= 0.6 is 23.2 Å². The predicted molar refractivity (Wildman–Crippen MR) is 74.4 cm³/mol. The number of aliphatic carboxylic acids is 1. The molecule has 0 aliphatic carbocycles. The van der Waals surface area contributed by atoms with Gasteiger partial charge in [-0.25, -0.2) is 9.59 Å². The largest absolute Gasteiger partial charge is 0.493 e. The van der Waals surface area contributed by atoms with Gasteiger partial charge in [0, 0.05) is 5.02 Å². The SMILES string of the molecule is COC(=O)C(=CC(=O)O)Nc1cc(Cl)cc(Cl)c1OC. The molecule has 0 spiro atoms. The van der Waals surface area contributed by atoms with E-state index in [-0.39, 0.29) is 27.2 Å². The van der Waals surface area contributed by atoms with E-state index in [0.717, 1.165) is 7.11 Å².